The third-order valence-corrected chi connectivity index (χ3v) is 4.33. The third-order valence-electron chi connectivity index (χ3n) is 3.24. The van der Waals surface area contributed by atoms with Crippen LogP contribution in [0.3, 0.4) is 0 Å². The second-order valence-electron chi connectivity index (χ2n) is 4.99. The molecule has 0 saturated carbocycles. The summed E-state index contributed by atoms with van der Waals surface area (Å²) in [5, 5.41) is 8.71. The third kappa shape index (κ3) is 3.42. The summed E-state index contributed by atoms with van der Waals surface area (Å²) in [4.78, 5) is 4.61. The lowest BCUT2D eigenvalue weighted by molar-refractivity contribution is 0.686. The number of aryl methyl sites for hydroxylation is 1. The average molecular weight is 286 g/mol. The highest BCUT2D eigenvalue weighted by Gasteiger charge is 2.20. The molecule has 2 heterocycles. The van der Waals surface area contributed by atoms with Gasteiger partial charge >= 0.3 is 0 Å². The summed E-state index contributed by atoms with van der Waals surface area (Å²) in [7, 11) is 1.93. The number of thioether (sulfide) groups is 1. The van der Waals surface area contributed by atoms with E-state index in [4.69, 9.17) is 0 Å². The molecule has 1 aliphatic heterocycles. The van der Waals surface area contributed by atoms with E-state index >= 15 is 0 Å². The summed E-state index contributed by atoms with van der Waals surface area (Å²) in [6.45, 7) is 0.696. The van der Waals surface area contributed by atoms with Crippen molar-refractivity contribution in [3.05, 3.63) is 53.9 Å². The van der Waals surface area contributed by atoms with Gasteiger partial charge in [-0.3, -0.25) is 9.67 Å². The van der Waals surface area contributed by atoms with Gasteiger partial charge in [-0.1, -0.05) is 42.1 Å². The molecule has 5 heteroatoms. The molecule has 0 spiro atoms. The Kier molecular flexibility index (Phi) is 4.06. The number of aliphatic imine (C=N–C) groups is 1. The van der Waals surface area contributed by atoms with Crippen molar-refractivity contribution in [1.29, 1.82) is 0 Å². The molecule has 104 valence electrons. The highest BCUT2D eigenvalue weighted by Crippen LogP contribution is 2.17. The van der Waals surface area contributed by atoms with Gasteiger partial charge in [0.15, 0.2) is 5.17 Å². The maximum absolute atomic E-state index is 4.61. The van der Waals surface area contributed by atoms with Crippen LogP contribution in [0.2, 0.25) is 0 Å². The maximum Gasteiger partial charge on any atom is 0.157 e. The molecule has 4 nitrogen and oxygen atoms in total. The van der Waals surface area contributed by atoms with Crippen LogP contribution in [-0.2, 0) is 20.0 Å². The van der Waals surface area contributed by atoms with Gasteiger partial charge in [0.2, 0.25) is 0 Å². The minimum atomic E-state index is 0.482. The first kappa shape index (κ1) is 13.2. The number of hydrogen-bond donors (Lipinski definition) is 1. The molecule has 3 rings (SSSR count). The Balaban J connectivity index is 1.54. The molecule has 0 aliphatic carbocycles. The molecule has 1 aromatic carbocycles. The first-order valence-electron chi connectivity index (χ1n) is 6.75. The van der Waals surface area contributed by atoms with Crippen LogP contribution in [0.25, 0.3) is 0 Å². The van der Waals surface area contributed by atoms with Gasteiger partial charge < -0.3 is 5.32 Å². The Bertz CT molecular complexity index is 591. The Morgan fingerprint density at radius 2 is 2.20 bits per heavy atom. The van der Waals surface area contributed by atoms with Crippen molar-refractivity contribution in [2.45, 2.75) is 19.0 Å². The summed E-state index contributed by atoms with van der Waals surface area (Å²) < 4.78 is 1.81. The van der Waals surface area contributed by atoms with Crippen molar-refractivity contribution in [2.24, 2.45) is 12.0 Å². The van der Waals surface area contributed by atoms with E-state index in [1.807, 2.05) is 35.9 Å². The second kappa shape index (κ2) is 6.13. The van der Waals surface area contributed by atoms with Gasteiger partial charge in [0.25, 0.3) is 0 Å². The van der Waals surface area contributed by atoms with Crippen LogP contribution in [-0.4, -0.2) is 26.7 Å². The number of rotatable bonds is 4. The van der Waals surface area contributed by atoms with Crippen LogP contribution >= 0.6 is 11.8 Å². The first-order valence-corrected chi connectivity index (χ1v) is 7.73. The molecule has 0 amide bonds. The molecule has 1 unspecified atom stereocenters. The number of benzene rings is 1. The van der Waals surface area contributed by atoms with Gasteiger partial charge in [-0.2, -0.15) is 5.10 Å². The zero-order valence-corrected chi connectivity index (χ0v) is 12.3. The standard InChI is InChI=1S/C15H18N4S/c1-19-10-13(9-17-19)8-16-15-18-14(11-20-15)7-12-5-3-2-4-6-12/h2-6,9-10,14H,7-8,11H2,1H3,(H,16,18). The summed E-state index contributed by atoms with van der Waals surface area (Å²) in [6.07, 6.45) is 4.93. The first-order chi connectivity index (χ1) is 9.79. The molecule has 1 aliphatic rings. The molecular weight excluding hydrogens is 268 g/mol. The van der Waals surface area contributed by atoms with E-state index in [0.717, 1.165) is 22.9 Å². The van der Waals surface area contributed by atoms with Crippen LogP contribution in [0, 0.1) is 0 Å². The van der Waals surface area contributed by atoms with Crippen molar-refractivity contribution in [3.8, 4) is 0 Å². The molecule has 20 heavy (non-hydrogen) atoms. The van der Waals surface area contributed by atoms with E-state index in [-0.39, 0.29) is 0 Å². The number of hydrogen-bond acceptors (Lipinski definition) is 3. The fourth-order valence-electron chi connectivity index (χ4n) is 2.25. The van der Waals surface area contributed by atoms with Crippen LogP contribution in [0.5, 0.6) is 0 Å². The van der Waals surface area contributed by atoms with Crippen molar-refractivity contribution >= 4 is 16.9 Å². The highest BCUT2D eigenvalue weighted by atomic mass is 32.2. The summed E-state index contributed by atoms with van der Waals surface area (Å²) in [5.41, 5.74) is 2.52. The van der Waals surface area contributed by atoms with Crippen molar-refractivity contribution < 1.29 is 0 Å². The largest absolute Gasteiger partial charge is 0.361 e. The Hall–Kier alpha value is -1.75. The fraction of sp³-hybridized carbons (Fsp3) is 0.333. The smallest absolute Gasteiger partial charge is 0.157 e. The summed E-state index contributed by atoms with van der Waals surface area (Å²) >= 11 is 1.81. The highest BCUT2D eigenvalue weighted by molar-refractivity contribution is 8.14. The zero-order valence-electron chi connectivity index (χ0n) is 11.5. The lowest BCUT2D eigenvalue weighted by Gasteiger charge is -2.09. The molecule has 1 atom stereocenters. The van der Waals surface area contributed by atoms with Crippen LogP contribution in [0.15, 0.2) is 47.7 Å². The van der Waals surface area contributed by atoms with Crippen molar-refractivity contribution in [1.82, 2.24) is 15.1 Å². The van der Waals surface area contributed by atoms with E-state index in [2.05, 4.69) is 45.7 Å². The van der Waals surface area contributed by atoms with Crippen LogP contribution in [0.1, 0.15) is 11.1 Å². The predicted molar refractivity (Wildman–Crippen MR) is 83.9 cm³/mol. The minimum Gasteiger partial charge on any atom is -0.361 e. The monoisotopic (exact) mass is 286 g/mol. The fourth-order valence-corrected chi connectivity index (χ4v) is 3.22. The molecule has 2 aromatic rings. The number of nitrogens with zero attached hydrogens (tertiary/aromatic N) is 3. The van der Waals surface area contributed by atoms with Crippen LogP contribution in [0.4, 0.5) is 0 Å². The lowest BCUT2D eigenvalue weighted by atomic mass is 10.1. The van der Waals surface area contributed by atoms with Gasteiger partial charge in [0, 0.05) is 30.6 Å². The average Bonchev–Trinajstić information content (AvgIpc) is 3.07. The SMILES string of the molecule is Cn1cc(CN=C2NC(Cc3ccccc3)CS2)cn1. The normalized spacial score (nSPS) is 20.2. The molecule has 1 N–H and O–H groups in total. The van der Waals surface area contributed by atoms with Gasteiger partial charge in [-0.15, -0.1) is 0 Å². The quantitative estimate of drug-likeness (QED) is 0.937. The molecule has 1 fully saturated rings. The minimum absolute atomic E-state index is 0.482. The number of amidine groups is 1. The van der Waals surface area contributed by atoms with E-state index in [9.17, 15) is 0 Å². The second-order valence-corrected chi connectivity index (χ2v) is 5.99. The molecule has 0 bridgehead atoms. The number of nitrogens with one attached hydrogen (secondary N) is 1. The predicted octanol–water partition coefficient (Wildman–Crippen LogP) is 2.22. The Morgan fingerprint density at radius 1 is 1.35 bits per heavy atom. The summed E-state index contributed by atoms with van der Waals surface area (Å²) in [6, 6.07) is 11.1. The molecule has 1 saturated heterocycles. The zero-order chi connectivity index (χ0) is 13.8. The van der Waals surface area contributed by atoms with Crippen molar-refractivity contribution in [3.63, 3.8) is 0 Å². The molecular formula is C15H18N4S. The number of aromatic nitrogens is 2. The van der Waals surface area contributed by atoms with E-state index in [1.165, 1.54) is 5.56 Å². The van der Waals surface area contributed by atoms with Gasteiger partial charge in [-0.25, -0.2) is 0 Å². The topological polar surface area (TPSA) is 42.2 Å². The Morgan fingerprint density at radius 3 is 2.95 bits per heavy atom. The summed E-state index contributed by atoms with van der Waals surface area (Å²) in [5.74, 6) is 1.08. The van der Waals surface area contributed by atoms with Gasteiger partial charge in [0.1, 0.15) is 0 Å². The van der Waals surface area contributed by atoms with Crippen molar-refractivity contribution in [2.75, 3.05) is 5.75 Å². The molecule has 0 radical (unpaired) electrons. The molecule has 1 aromatic heterocycles. The van der Waals surface area contributed by atoms with E-state index in [1.54, 1.807) is 0 Å². The van der Waals surface area contributed by atoms with Gasteiger partial charge in [0.05, 0.1) is 12.7 Å². The van der Waals surface area contributed by atoms with E-state index in [0.29, 0.717) is 12.6 Å². The van der Waals surface area contributed by atoms with Crippen LogP contribution < -0.4 is 5.32 Å². The maximum atomic E-state index is 4.61. The lowest BCUT2D eigenvalue weighted by Crippen LogP contribution is -2.28. The van der Waals surface area contributed by atoms with E-state index < -0.39 is 0 Å². The van der Waals surface area contributed by atoms with Gasteiger partial charge in [-0.05, 0) is 12.0 Å². The Labute approximate surface area is 123 Å².